The molecular formula is C34H32BrClN2O6S. The Hall–Kier alpha value is -3.86. The van der Waals surface area contributed by atoms with Crippen molar-refractivity contribution in [3.63, 3.8) is 0 Å². The van der Waals surface area contributed by atoms with E-state index in [4.69, 9.17) is 35.5 Å². The summed E-state index contributed by atoms with van der Waals surface area (Å²) in [7, 11) is 1.55. The molecule has 0 radical (unpaired) electrons. The zero-order chi connectivity index (χ0) is 32.2. The molecule has 0 aliphatic carbocycles. The van der Waals surface area contributed by atoms with Gasteiger partial charge in [-0.25, -0.2) is 9.79 Å². The van der Waals surface area contributed by atoms with E-state index < -0.39 is 12.0 Å². The minimum Gasteiger partial charge on any atom is -0.493 e. The third-order valence-electron chi connectivity index (χ3n) is 6.98. The summed E-state index contributed by atoms with van der Waals surface area (Å²) >= 11 is 11.2. The highest BCUT2D eigenvalue weighted by molar-refractivity contribution is 9.10. The van der Waals surface area contributed by atoms with E-state index in [1.807, 2.05) is 62.4 Å². The number of ether oxygens (including phenoxy) is 4. The number of fused-ring (bicyclic) bond motifs is 1. The number of hydrogen-bond acceptors (Lipinski definition) is 8. The molecule has 1 aliphatic heterocycles. The van der Waals surface area contributed by atoms with Crippen LogP contribution in [0.4, 0.5) is 0 Å². The standard InChI is InChI=1S/C34H32BrClN2O6S/c1-6-42-33(40)29-20(4)37-34-38(30(29)24-12-8-10-14-26(24)44-19(2)3)32(39)28(45-34)16-22-15-23(35)17-27(41-5)31(22)43-18-21-11-7-9-13-25(21)36/h7-17,19,30H,6,18H2,1-5H3/b28-16-/t30-/m1/s1. The Morgan fingerprint density at radius 1 is 1.13 bits per heavy atom. The molecule has 0 unspecified atom stereocenters. The van der Waals surface area contributed by atoms with Crippen LogP contribution in [0, 0.1) is 0 Å². The monoisotopic (exact) mass is 710 g/mol. The van der Waals surface area contributed by atoms with E-state index in [1.165, 1.54) is 15.9 Å². The van der Waals surface area contributed by atoms with Gasteiger partial charge in [0.2, 0.25) is 0 Å². The predicted octanol–water partition coefficient (Wildman–Crippen LogP) is 6.59. The van der Waals surface area contributed by atoms with Gasteiger partial charge in [0.1, 0.15) is 18.4 Å². The van der Waals surface area contributed by atoms with Gasteiger partial charge in [0, 0.05) is 26.2 Å². The van der Waals surface area contributed by atoms with Crippen LogP contribution in [-0.2, 0) is 16.1 Å². The lowest BCUT2D eigenvalue weighted by atomic mass is 9.95. The summed E-state index contributed by atoms with van der Waals surface area (Å²) in [6.07, 6.45) is 1.62. The summed E-state index contributed by atoms with van der Waals surface area (Å²) in [6.45, 7) is 7.71. The third-order valence-corrected chi connectivity index (χ3v) is 8.79. The SMILES string of the molecule is CCOC(=O)C1=C(C)N=c2s/c(=C\c3cc(Br)cc(OC)c3OCc3ccccc3Cl)c(=O)n2[C@@H]1c1ccccc1OC(C)C. The maximum Gasteiger partial charge on any atom is 0.338 e. The number of benzene rings is 3. The Bertz CT molecular complexity index is 1970. The zero-order valence-electron chi connectivity index (χ0n) is 25.4. The molecule has 234 valence electrons. The summed E-state index contributed by atoms with van der Waals surface area (Å²) in [5, 5.41) is 0.581. The van der Waals surface area contributed by atoms with Crippen LogP contribution in [0.1, 0.15) is 50.4 Å². The van der Waals surface area contributed by atoms with Gasteiger partial charge in [-0.2, -0.15) is 0 Å². The second-order valence-corrected chi connectivity index (χ2v) is 12.7. The third kappa shape index (κ3) is 6.88. The Morgan fingerprint density at radius 2 is 1.87 bits per heavy atom. The van der Waals surface area contributed by atoms with Crippen LogP contribution in [0.25, 0.3) is 6.08 Å². The maximum atomic E-state index is 14.3. The van der Waals surface area contributed by atoms with Gasteiger partial charge < -0.3 is 18.9 Å². The Labute approximate surface area is 278 Å². The second kappa shape index (κ2) is 14.1. The van der Waals surface area contributed by atoms with Gasteiger partial charge in [-0.05, 0) is 58.0 Å². The molecule has 0 bridgehead atoms. The summed E-state index contributed by atoms with van der Waals surface area (Å²) in [5.74, 6) is 0.954. The number of carbonyl (C=O) groups excluding carboxylic acids is 1. The van der Waals surface area contributed by atoms with E-state index in [1.54, 1.807) is 39.2 Å². The van der Waals surface area contributed by atoms with Crippen LogP contribution in [0.3, 0.4) is 0 Å². The van der Waals surface area contributed by atoms with Crippen molar-refractivity contribution < 1.29 is 23.7 Å². The Morgan fingerprint density at radius 3 is 2.58 bits per heavy atom. The predicted molar refractivity (Wildman–Crippen MR) is 179 cm³/mol. The van der Waals surface area contributed by atoms with Gasteiger partial charge in [-0.3, -0.25) is 9.36 Å². The van der Waals surface area contributed by atoms with E-state index in [-0.39, 0.29) is 30.5 Å². The largest absolute Gasteiger partial charge is 0.493 e. The number of esters is 1. The maximum absolute atomic E-state index is 14.3. The number of thiazole rings is 1. The summed E-state index contributed by atoms with van der Waals surface area (Å²) in [5.41, 5.74) is 2.50. The van der Waals surface area contributed by atoms with Crippen molar-refractivity contribution in [3.05, 3.63) is 118 Å². The van der Waals surface area contributed by atoms with Crippen molar-refractivity contribution in [2.75, 3.05) is 13.7 Å². The highest BCUT2D eigenvalue weighted by atomic mass is 79.9. The molecule has 0 N–H and O–H groups in total. The van der Waals surface area contributed by atoms with E-state index in [2.05, 4.69) is 15.9 Å². The molecule has 3 aromatic carbocycles. The quantitative estimate of drug-likeness (QED) is 0.173. The normalized spacial score (nSPS) is 14.7. The first-order valence-corrected chi connectivity index (χ1v) is 16.3. The minimum atomic E-state index is -0.814. The Balaban J connectivity index is 1.70. The van der Waals surface area contributed by atoms with Crippen LogP contribution in [0.15, 0.2) is 86.2 Å². The number of para-hydroxylation sites is 1. The van der Waals surface area contributed by atoms with Gasteiger partial charge >= 0.3 is 5.97 Å². The van der Waals surface area contributed by atoms with Gasteiger partial charge in [-0.15, -0.1) is 0 Å². The number of rotatable bonds is 10. The van der Waals surface area contributed by atoms with Crippen LogP contribution in [-0.4, -0.2) is 30.4 Å². The molecule has 1 aromatic heterocycles. The number of aromatic nitrogens is 1. The van der Waals surface area contributed by atoms with E-state index in [9.17, 15) is 9.59 Å². The lowest BCUT2D eigenvalue weighted by molar-refractivity contribution is -0.139. The number of nitrogens with zero attached hydrogens (tertiary/aromatic N) is 2. The molecule has 1 aliphatic rings. The molecule has 0 saturated carbocycles. The smallest absolute Gasteiger partial charge is 0.338 e. The van der Waals surface area contributed by atoms with Crippen LogP contribution in [0.5, 0.6) is 17.2 Å². The van der Waals surface area contributed by atoms with Gasteiger partial charge in [-0.1, -0.05) is 75.3 Å². The zero-order valence-corrected chi connectivity index (χ0v) is 28.6. The average Bonchev–Trinajstić information content (AvgIpc) is 3.30. The van der Waals surface area contributed by atoms with Crippen molar-refractivity contribution in [1.29, 1.82) is 0 Å². The number of allylic oxidation sites excluding steroid dienone is 1. The topological polar surface area (TPSA) is 88.4 Å². The van der Waals surface area contributed by atoms with Crippen LogP contribution >= 0.6 is 38.9 Å². The Kier molecular flexibility index (Phi) is 10.2. The average molecular weight is 712 g/mol. The number of halogens is 2. The van der Waals surface area contributed by atoms with Crippen LogP contribution in [0.2, 0.25) is 5.02 Å². The molecule has 45 heavy (non-hydrogen) atoms. The van der Waals surface area contributed by atoms with Crippen molar-refractivity contribution in [1.82, 2.24) is 4.57 Å². The van der Waals surface area contributed by atoms with Gasteiger partial charge in [0.25, 0.3) is 5.56 Å². The van der Waals surface area contributed by atoms with Gasteiger partial charge in [0.05, 0.1) is 35.6 Å². The van der Waals surface area contributed by atoms with Crippen molar-refractivity contribution in [2.45, 2.75) is 46.4 Å². The number of methoxy groups -OCH3 is 1. The van der Waals surface area contributed by atoms with Crippen LogP contribution < -0.4 is 29.1 Å². The molecule has 11 heteroatoms. The second-order valence-electron chi connectivity index (χ2n) is 10.4. The fourth-order valence-electron chi connectivity index (χ4n) is 5.06. The lowest BCUT2D eigenvalue weighted by Crippen LogP contribution is -2.40. The molecule has 0 amide bonds. The van der Waals surface area contributed by atoms with E-state index >= 15 is 0 Å². The molecule has 4 aromatic rings. The van der Waals surface area contributed by atoms with Crippen molar-refractivity contribution in [2.24, 2.45) is 4.99 Å². The first-order chi connectivity index (χ1) is 21.6. The molecule has 8 nitrogen and oxygen atoms in total. The van der Waals surface area contributed by atoms with E-state index in [0.29, 0.717) is 48.4 Å². The molecule has 1 atom stereocenters. The van der Waals surface area contributed by atoms with Crippen molar-refractivity contribution in [3.8, 4) is 17.2 Å². The van der Waals surface area contributed by atoms with E-state index in [0.717, 1.165) is 10.0 Å². The number of carbonyl (C=O) groups is 1. The lowest BCUT2D eigenvalue weighted by Gasteiger charge is -2.26. The minimum absolute atomic E-state index is 0.131. The van der Waals surface area contributed by atoms with Gasteiger partial charge in [0.15, 0.2) is 16.3 Å². The number of hydrogen-bond donors (Lipinski definition) is 0. The molecule has 0 fully saturated rings. The first-order valence-electron chi connectivity index (χ1n) is 14.3. The fourth-order valence-corrected chi connectivity index (χ4v) is 6.74. The molecule has 2 heterocycles. The summed E-state index contributed by atoms with van der Waals surface area (Å²) in [4.78, 5) is 32.8. The van der Waals surface area contributed by atoms with Crippen molar-refractivity contribution >= 4 is 50.9 Å². The first kappa shape index (κ1) is 32.5. The fraction of sp³-hybridized carbons (Fsp3) is 0.265. The summed E-state index contributed by atoms with van der Waals surface area (Å²) in [6, 6.07) is 17.7. The molecule has 5 rings (SSSR count). The highest BCUT2D eigenvalue weighted by Crippen LogP contribution is 2.38. The highest BCUT2D eigenvalue weighted by Gasteiger charge is 2.35. The molecule has 0 saturated heterocycles. The molecular weight excluding hydrogens is 680 g/mol. The molecule has 0 spiro atoms. The summed E-state index contributed by atoms with van der Waals surface area (Å²) < 4.78 is 26.2.